The lowest BCUT2D eigenvalue weighted by atomic mass is 10.1. The molecule has 0 aliphatic heterocycles. The van der Waals surface area contributed by atoms with Crippen LogP contribution in [0.15, 0.2) is 30.3 Å². The van der Waals surface area contributed by atoms with Crippen LogP contribution in [-0.4, -0.2) is 18.0 Å². The molecule has 0 radical (unpaired) electrons. The van der Waals surface area contributed by atoms with Crippen LogP contribution in [0.3, 0.4) is 0 Å². The van der Waals surface area contributed by atoms with Crippen molar-refractivity contribution < 1.29 is 9.53 Å². The van der Waals surface area contributed by atoms with Crippen LogP contribution in [0.4, 0.5) is 5.69 Å². The number of pyridine rings is 1. The number of halogens is 1. The maximum Gasteiger partial charge on any atom is 0.255 e. The monoisotopic (exact) mass is 290 g/mol. The predicted molar refractivity (Wildman–Crippen MR) is 79.7 cm³/mol. The maximum atomic E-state index is 12.2. The first-order valence-electron chi connectivity index (χ1n) is 6.10. The molecule has 0 spiro atoms. The fraction of sp³-hybridized carbons (Fsp3) is 0.200. The zero-order valence-corrected chi connectivity index (χ0v) is 12.3. The van der Waals surface area contributed by atoms with Gasteiger partial charge in [-0.1, -0.05) is 11.6 Å². The Labute approximate surface area is 122 Å². The van der Waals surface area contributed by atoms with Gasteiger partial charge in [-0.15, -0.1) is 0 Å². The fourth-order valence-corrected chi connectivity index (χ4v) is 2.11. The van der Waals surface area contributed by atoms with Crippen molar-refractivity contribution in [2.24, 2.45) is 0 Å². The standard InChI is InChI=1S/C15H15ClN2O2/c1-9-6-12(20-3)4-5-13(9)18-15(19)11-7-10(2)17-14(16)8-11/h4-8H,1-3H3,(H,18,19). The summed E-state index contributed by atoms with van der Waals surface area (Å²) in [5.41, 5.74) is 2.85. The molecule has 2 rings (SSSR count). The molecule has 20 heavy (non-hydrogen) atoms. The molecule has 0 saturated carbocycles. The first-order chi connectivity index (χ1) is 9.49. The number of rotatable bonds is 3. The number of hydrogen-bond donors (Lipinski definition) is 1. The molecule has 0 unspecified atom stereocenters. The summed E-state index contributed by atoms with van der Waals surface area (Å²) in [6.45, 7) is 3.70. The summed E-state index contributed by atoms with van der Waals surface area (Å²) in [5.74, 6) is 0.536. The Balaban J connectivity index is 2.23. The number of hydrogen-bond acceptors (Lipinski definition) is 3. The van der Waals surface area contributed by atoms with E-state index in [9.17, 15) is 4.79 Å². The Kier molecular flexibility index (Phi) is 4.25. The molecule has 1 heterocycles. The molecule has 4 nitrogen and oxygen atoms in total. The third-order valence-corrected chi connectivity index (χ3v) is 3.06. The molecule has 0 atom stereocenters. The molecule has 0 saturated heterocycles. The lowest BCUT2D eigenvalue weighted by Crippen LogP contribution is -2.13. The summed E-state index contributed by atoms with van der Waals surface area (Å²) in [6.07, 6.45) is 0. The van der Waals surface area contributed by atoms with Crippen LogP contribution in [-0.2, 0) is 0 Å². The summed E-state index contributed by atoms with van der Waals surface area (Å²) >= 11 is 5.86. The first-order valence-corrected chi connectivity index (χ1v) is 6.47. The Hall–Kier alpha value is -2.07. The van der Waals surface area contributed by atoms with Gasteiger partial charge in [0, 0.05) is 16.9 Å². The SMILES string of the molecule is COc1ccc(NC(=O)c2cc(C)nc(Cl)c2)c(C)c1. The highest BCUT2D eigenvalue weighted by atomic mass is 35.5. The summed E-state index contributed by atoms with van der Waals surface area (Å²) < 4.78 is 5.13. The number of nitrogens with one attached hydrogen (secondary N) is 1. The Morgan fingerprint density at radius 1 is 1.25 bits per heavy atom. The van der Waals surface area contributed by atoms with Gasteiger partial charge in [-0.2, -0.15) is 0 Å². The highest BCUT2D eigenvalue weighted by Crippen LogP contribution is 2.22. The average Bonchev–Trinajstić information content (AvgIpc) is 2.39. The highest BCUT2D eigenvalue weighted by Gasteiger charge is 2.10. The second kappa shape index (κ2) is 5.92. The summed E-state index contributed by atoms with van der Waals surface area (Å²) in [4.78, 5) is 16.2. The van der Waals surface area contributed by atoms with Crippen LogP contribution in [0, 0.1) is 13.8 Å². The number of benzene rings is 1. The number of aromatic nitrogens is 1. The molecule has 1 amide bonds. The summed E-state index contributed by atoms with van der Waals surface area (Å²) in [5, 5.41) is 3.16. The molecule has 104 valence electrons. The number of aryl methyl sites for hydroxylation is 2. The van der Waals surface area contributed by atoms with Crippen LogP contribution in [0.1, 0.15) is 21.6 Å². The molecule has 1 aromatic carbocycles. The zero-order valence-electron chi connectivity index (χ0n) is 11.5. The number of carbonyl (C=O) groups excluding carboxylic acids is 1. The van der Waals surface area contributed by atoms with Gasteiger partial charge in [-0.25, -0.2) is 4.98 Å². The summed E-state index contributed by atoms with van der Waals surface area (Å²) in [7, 11) is 1.61. The number of methoxy groups -OCH3 is 1. The van der Waals surface area contributed by atoms with Crippen molar-refractivity contribution >= 4 is 23.2 Å². The van der Waals surface area contributed by atoms with Crippen molar-refractivity contribution in [2.75, 3.05) is 12.4 Å². The largest absolute Gasteiger partial charge is 0.497 e. The second-order valence-corrected chi connectivity index (χ2v) is 4.84. The predicted octanol–water partition coefficient (Wildman–Crippen LogP) is 3.61. The Morgan fingerprint density at radius 2 is 2.00 bits per heavy atom. The van der Waals surface area contributed by atoms with Crippen molar-refractivity contribution in [3.8, 4) is 5.75 Å². The third-order valence-electron chi connectivity index (χ3n) is 2.87. The number of nitrogens with zero attached hydrogens (tertiary/aromatic N) is 1. The van der Waals surface area contributed by atoms with Crippen molar-refractivity contribution in [3.05, 3.63) is 52.3 Å². The smallest absolute Gasteiger partial charge is 0.255 e. The molecular formula is C15H15ClN2O2. The molecular weight excluding hydrogens is 276 g/mol. The molecule has 0 fully saturated rings. The minimum Gasteiger partial charge on any atom is -0.497 e. The van der Waals surface area contributed by atoms with E-state index in [1.807, 2.05) is 19.1 Å². The van der Waals surface area contributed by atoms with Gasteiger partial charge >= 0.3 is 0 Å². The number of amides is 1. The zero-order chi connectivity index (χ0) is 14.7. The highest BCUT2D eigenvalue weighted by molar-refractivity contribution is 6.29. The van der Waals surface area contributed by atoms with Crippen LogP contribution in [0.2, 0.25) is 5.15 Å². The van der Waals surface area contributed by atoms with Gasteiger partial charge in [-0.3, -0.25) is 4.79 Å². The van der Waals surface area contributed by atoms with Crippen LogP contribution in [0.5, 0.6) is 5.75 Å². The quantitative estimate of drug-likeness (QED) is 0.879. The van der Waals surface area contributed by atoms with Crippen LogP contribution in [0.25, 0.3) is 0 Å². The van der Waals surface area contributed by atoms with E-state index in [0.717, 1.165) is 17.0 Å². The second-order valence-electron chi connectivity index (χ2n) is 4.45. The molecule has 5 heteroatoms. The van der Waals surface area contributed by atoms with E-state index in [4.69, 9.17) is 16.3 Å². The van der Waals surface area contributed by atoms with E-state index in [2.05, 4.69) is 10.3 Å². The lowest BCUT2D eigenvalue weighted by Gasteiger charge is -2.10. The number of carbonyl (C=O) groups is 1. The fourth-order valence-electron chi connectivity index (χ4n) is 1.86. The number of ether oxygens (including phenoxy) is 1. The van der Waals surface area contributed by atoms with Gasteiger partial charge in [0.25, 0.3) is 5.91 Å². The van der Waals surface area contributed by atoms with E-state index in [1.165, 1.54) is 0 Å². The van der Waals surface area contributed by atoms with Gasteiger partial charge in [0.05, 0.1) is 7.11 Å². The van der Waals surface area contributed by atoms with E-state index in [0.29, 0.717) is 16.4 Å². The summed E-state index contributed by atoms with van der Waals surface area (Å²) in [6, 6.07) is 8.71. The van der Waals surface area contributed by atoms with Crippen molar-refractivity contribution in [3.63, 3.8) is 0 Å². The van der Waals surface area contributed by atoms with Crippen molar-refractivity contribution in [2.45, 2.75) is 13.8 Å². The molecule has 0 aliphatic rings. The van der Waals surface area contributed by atoms with Crippen LogP contribution >= 0.6 is 11.6 Å². The average molecular weight is 291 g/mol. The van der Waals surface area contributed by atoms with Gasteiger partial charge in [0.1, 0.15) is 10.9 Å². The van der Waals surface area contributed by atoms with Gasteiger partial charge in [-0.05, 0) is 49.7 Å². The molecule has 1 N–H and O–H groups in total. The molecule has 0 bridgehead atoms. The van der Waals surface area contributed by atoms with E-state index in [1.54, 1.807) is 32.2 Å². The maximum absolute atomic E-state index is 12.2. The topological polar surface area (TPSA) is 51.2 Å². The van der Waals surface area contributed by atoms with Crippen LogP contribution < -0.4 is 10.1 Å². The number of anilines is 1. The van der Waals surface area contributed by atoms with Gasteiger partial charge in [0.15, 0.2) is 0 Å². The van der Waals surface area contributed by atoms with Gasteiger partial charge in [0.2, 0.25) is 0 Å². The van der Waals surface area contributed by atoms with Crippen molar-refractivity contribution in [1.82, 2.24) is 4.98 Å². The van der Waals surface area contributed by atoms with E-state index < -0.39 is 0 Å². The minimum absolute atomic E-state index is 0.217. The van der Waals surface area contributed by atoms with Gasteiger partial charge < -0.3 is 10.1 Å². The Morgan fingerprint density at radius 3 is 2.60 bits per heavy atom. The van der Waals surface area contributed by atoms with E-state index >= 15 is 0 Å². The lowest BCUT2D eigenvalue weighted by molar-refractivity contribution is 0.102. The minimum atomic E-state index is -0.217. The molecule has 1 aromatic heterocycles. The molecule has 2 aromatic rings. The first kappa shape index (κ1) is 14.3. The van der Waals surface area contributed by atoms with E-state index in [-0.39, 0.29) is 5.91 Å². The Bertz CT molecular complexity index is 636. The third kappa shape index (κ3) is 3.27. The van der Waals surface area contributed by atoms with Crippen molar-refractivity contribution in [1.29, 1.82) is 0 Å². The molecule has 0 aliphatic carbocycles. The normalized spacial score (nSPS) is 10.2.